The van der Waals surface area contributed by atoms with Crippen LogP contribution in [0.15, 0.2) is 35.1 Å². The van der Waals surface area contributed by atoms with Gasteiger partial charge in [0.25, 0.3) is 0 Å². The van der Waals surface area contributed by atoms with Crippen molar-refractivity contribution >= 4 is 44.6 Å². The number of rotatable bonds is 7. The molecule has 2 N–H and O–H groups in total. The number of carbonyl (C=O) groups excluding carboxylic acids is 1. The normalized spacial score (nSPS) is 11.2. The summed E-state index contributed by atoms with van der Waals surface area (Å²) in [7, 11) is 3.43. The van der Waals surface area contributed by atoms with Gasteiger partial charge < -0.3 is 14.6 Å². The second kappa shape index (κ2) is 11.5. The largest absolute Gasteiger partial charge is 0.373 e. The molecule has 1 aromatic heterocycles. The van der Waals surface area contributed by atoms with Crippen LogP contribution in [0.1, 0.15) is 31.1 Å². The van der Waals surface area contributed by atoms with Crippen molar-refractivity contribution in [3.05, 3.63) is 52.3 Å². The fourth-order valence-electron chi connectivity index (χ4n) is 2.68. The van der Waals surface area contributed by atoms with Gasteiger partial charge in [0.2, 0.25) is 0 Å². The van der Waals surface area contributed by atoms with Crippen LogP contribution >= 0.6 is 15.9 Å². The number of carbonyl (C=O) groups is 1. The van der Waals surface area contributed by atoms with E-state index in [1.54, 1.807) is 24.7 Å². The topological polar surface area (TPSA) is 77.4 Å². The van der Waals surface area contributed by atoms with E-state index in [0.717, 1.165) is 0 Å². The molecule has 2 aromatic carbocycles. The Labute approximate surface area is 194 Å². The number of fused-ring (bicyclic) bond motifs is 1. The lowest BCUT2D eigenvalue weighted by Crippen LogP contribution is -2.23. The van der Waals surface area contributed by atoms with Crippen molar-refractivity contribution in [2.45, 2.75) is 26.4 Å². The van der Waals surface area contributed by atoms with E-state index >= 15 is 0 Å². The number of halogens is 3. The highest BCUT2D eigenvalue weighted by atomic mass is 79.9. The molecule has 3 rings (SSSR count). The molecule has 0 saturated heterocycles. The number of aromatic nitrogens is 2. The summed E-state index contributed by atoms with van der Waals surface area (Å²) in [5.41, 5.74) is 3.19. The SMILES string of the molecule is CNOCCOC(C)(C)C.Cn1cnc2c(F)c(Nc3ccc(Br)cc3F)c(C=O)cc21. The van der Waals surface area contributed by atoms with Gasteiger partial charge in [0.15, 0.2) is 12.1 Å². The quantitative estimate of drug-likeness (QED) is 0.260. The molecule has 3 aromatic rings. The maximum Gasteiger partial charge on any atom is 0.175 e. The Balaban J connectivity index is 0.000000309. The average Bonchev–Trinajstić information content (AvgIpc) is 3.09. The van der Waals surface area contributed by atoms with Gasteiger partial charge in [-0.2, -0.15) is 0 Å². The minimum Gasteiger partial charge on any atom is -0.373 e. The minimum absolute atomic E-state index is 0.0584. The van der Waals surface area contributed by atoms with Gasteiger partial charge in [-0.1, -0.05) is 15.9 Å². The molecule has 0 spiro atoms. The smallest absolute Gasteiger partial charge is 0.175 e. The molecule has 0 atom stereocenters. The summed E-state index contributed by atoms with van der Waals surface area (Å²) in [6, 6.07) is 5.83. The Morgan fingerprint density at radius 1 is 1.22 bits per heavy atom. The number of nitrogens with one attached hydrogen (secondary N) is 2. The van der Waals surface area contributed by atoms with E-state index in [-0.39, 0.29) is 28.1 Å². The number of hydroxylamine groups is 1. The molecular weight excluding hydrogens is 486 g/mol. The van der Waals surface area contributed by atoms with E-state index in [1.165, 1.54) is 24.5 Å². The van der Waals surface area contributed by atoms with E-state index in [4.69, 9.17) is 9.57 Å². The number of benzene rings is 2. The highest BCUT2D eigenvalue weighted by Gasteiger charge is 2.17. The molecule has 0 aliphatic carbocycles. The number of nitrogens with zero attached hydrogens (tertiary/aromatic N) is 2. The van der Waals surface area contributed by atoms with Crippen molar-refractivity contribution in [2.24, 2.45) is 7.05 Å². The second-order valence-corrected chi connectivity index (χ2v) is 8.67. The van der Waals surface area contributed by atoms with Crippen LogP contribution in [-0.2, 0) is 16.6 Å². The molecule has 0 unspecified atom stereocenters. The standard InChI is InChI=1S/C15H10BrF2N3O.C7H17NO2/c1-21-7-19-15-12(21)4-8(6-22)14(13(15)18)20-11-3-2-9(16)5-10(11)17;1-7(2,3)9-5-6-10-8-4/h2-7,20H,1H3;8H,5-6H2,1-4H3. The Morgan fingerprint density at radius 3 is 2.53 bits per heavy atom. The van der Waals surface area contributed by atoms with Crippen LogP contribution in [0.3, 0.4) is 0 Å². The van der Waals surface area contributed by atoms with Crippen molar-refractivity contribution in [1.82, 2.24) is 15.0 Å². The molecule has 0 saturated carbocycles. The van der Waals surface area contributed by atoms with E-state index in [9.17, 15) is 13.6 Å². The molecule has 0 aliphatic heterocycles. The average molecular weight is 513 g/mol. The predicted octanol–water partition coefficient (Wildman–Crippen LogP) is 5.12. The van der Waals surface area contributed by atoms with Crippen molar-refractivity contribution in [1.29, 1.82) is 0 Å². The summed E-state index contributed by atoms with van der Waals surface area (Å²) in [6.45, 7) is 7.28. The van der Waals surface area contributed by atoms with Crippen molar-refractivity contribution in [3.8, 4) is 0 Å². The molecule has 32 heavy (non-hydrogen) atoms. The molecule has 174 valence electrons. The number of anilines is 2. The zero-order valence-corrected chi connectivity index (χ0v) is 20.2. The maximum absolute atomic E-state index is 14.6. The molecule has 0 radical (unpaired) electrons. The van der Waals surface area contributed by atoms with E-state index < -0.39 is 11.6 Å². The van der Waals surface area contributed by atoms with Gasteiger partial charge in [-0.05, 0) is 45.0 Å². The number of aryl methyl sites for hydroxylation is 1. The van der Waals surface area contributed by atoms with Gasteiger partial charge in [-0.25, -0.2) is 19.2 Å². The fraction of sp³-hybridized carbons (Fsp3) is 0.364. The monoisotopic (exact) mass is 512 g/mol. The van der Waals surface area contributed by atoms with Gasteiger partial charge in [-0.15, -0.1) is 0 Å². The van der Waals surface area contributed by atoms with Crippen LogP contribution in [0.4, 0.5) is 20.2 Å². The number of imidazole rings is 1. The Morgan fingerprint density at radius 2 is 1.94 bits per heavy atom. The molecule has 0 amide bonds. The van der Waals surface area contributed by atoms with Gasteiger partial charge >= 0.3 is 0 Å². The molecule has 0 bridgehead atoms. The van der Waals surface area contributed by atoms with E-state index in [0.29, 0.717) is 29.5 Å². The number of ether oxygens (including phenoxy) is 1. The Kier molecular flexibility index (Phi) is 9.26. The van der Waals surface area contributed by atoms with Gasteiger partial charge in [0, 0.05) is 24.1 Å². The van der Waals surface area contributed by atoms with Gasteiger partial charge in [0.1, 0.15) is 11.3 Å². The lowest BCUT2D eigenvalue weighted by Gasteiger charge is -2.18. The molecule has 7 nitrogen and oxygen atoms in total. The zero-order chi connectivity index (χ0) is 23.9. The molecule has 1 heterocycles. The summed E-state index contributed by atoms with van der Waals surface area (Å²) in [6.07, 6.45) is 1.97. The van der Waals surface area contributed by atoms with Crippen LogP contribution in [-0.4, -0.2) is 41.7 Å². The molecule has 0 aliphatic rings. The van der Waals surface area contributed by atoms with Crippen LogP contribution < -0.4 is 10.8 Å². The third-order valence-corrected chi connectivity index (χ3v) is 4.67. The Hall–Kier alpha value is -2.40. The second-order valence-electron chi connectivity index (χ2n) is 7.76. The van der Waals surface area contributed by atoms with Crippen molar-refractivity contribution < 1.29 is 23.1 Å². The molecule has 10 heteroatoms. The summed E-state index contributed by atoms with van der Waals surface area (Å²) >= 11 is 3.15. The van der Waals surface area contributed by atoms with Gasteiger partial charge in [-0.3, -0.25) is 9.63 Å². The third kappa shape index (κ3) is 7.06. The number of hydrogen-bond acceptors (Lipinski definition) is 6. The summed E-state index contributed by atoms with van der Waals surface area (Å²) in [4.78, 5) is 20.1. The minimum atomic E-state index is -0.692. The maximum atomic E-state index is 14.6. The number of aldehydes is 1. The Bertz CT molecular complexity index is 1070. The van der Waals surface area contributed by atoms with Crippen molar-refractivity contribution in [3.63, 3.8) is 0 Å². The van der Waals surface area contributed by atoms with E-state index in [1.807, 2.05) is 20.8 Å². The van der Waals surface area contributed by atoms with Crippen molar-refractivity contribution in [2.75, 3.05) is 25.6 Å². The predicted molar refractivity (Wildman–Crippen MR) is 124 cm³/mol. The summed E-state index contributed by atoms with van der Waals surface area (Å²) in [5.74, 6) is -1.26. The first-order valence-electron chi connectivity index (χ1n) is 9.80. The summed E-state index contributed by atoms with van der Waals surface area (Å²) < 4.78 is 36.0. The van der Waals surface area contributed by atoms with E-state index in [2.05, 4.69) is 31.7 Å². The first-order chi connectivity index (χ1) is 15.1. The highest BCUT2D eigenvalue weighted by molar-refractivity contribution is 9.10. The van der Waals surface area contributed by atoms with Crippen LogP contribution in [0.25, 0.3) is 11.0 Å². The first kappa shape index (κ1) is 25.9. The zero-order valence-electron chi connectivity index (χ0n) is 18.6. The fourth-order valence-corrected chi connectivity index (χ4v) is 3.01. The lowest BCUT2D eigenvalue weighted by atomic mass is 10.1. The van der Waals surface area contributed by atoms with Crippen LogP contribution in [0, 0.1) is 11.6 Å². The third-order valence-electron chi connectivity index (χ3n) is 4.17. The van der Waals surface area contributed by atoms with Crippen LogP contribution in [0.2, 0.25) is 0 Å². The van der Waals surface area contributed by atoms with Gasteiger partial charge in [0.05, 0.1) is 42.0 Å². The number of hydrogen-bond donors (Lipinski definition) is 2. The highest BCUT2D eigenvalue weighted by Crippen LogP contribution is 2.31. The molecular formula is C22H27BrF2N4O3. The van der Waals surface area contributed by atoms with Crippen LogP contribution in [0.5, 0.6) is 0 Å². The first-order valence-corrected chi connectivity index (χ1v) is 10.6. The lowest BCUT2D eigenvalue weighted by molar-refractivity contribution is -0.0520. The molecule has 0 fully saturated rings. The summed E-state index contributed by atoms with van der Waals surface area (Å²) in [5, 5.41) is 2.64.